The van der Waals surface area contributed by atoms with Crippen molar-refractivity contribution >= 4 is 27.5 Å². The monoisotopic (exact) mass is 376 g/mol. The molecule has 1 aromatic heterocycles. The van der Waals surface area contributed by atoms with E-state index in [1.165, 1.54) is 25.4 Å². The van der Waals surface area contributed by atoms with Crippen molar-refractivity contribution in [2.24, 2.45) is 0 Å². The van der Waals surface area contributed by atoms with E-state index in [4.69, 9.17) is 10.00 Å². The first-order chi connectivity index (χ1) is 12.5. The molecule has 0 spiro atoms. The van der Waals surface area contributed by atoms with Crippen molar-refractivity contribution in [1.29, 1.82) is 5.26 Å². The summed E-state index contributed by atoms with van der Waals surface area (Å²) in [5, 5.41) is 15.0. The smallest absolute Gasteiger partial charge is 0.240 e. The molecular formula is C16H20N6O3S. The summed E-state index contributed by atoms with van der Waals surface area (Å²) < 4.78 is 31.5. The molecule has 138 valence electrons. The molecule has 0 aliphatic carbocycles. The van der Waals surface area contributed by atoms with Crippen molar-refractivity contribution in [2.45, 2.75) is 11.8 Å². The van der Waals surface area contributed by atoms with E-state index in [9.17, 15) is 8.42 Å². The van der Waals surface area contributed by atoms with Gasteiger partial charge in [-0.3, -0.25) is 0 Å². The molecule has 2 aromatic rings. The number of nitrogens with zero attached hydrogens (tertiary/aromatic N) is 3. The minimum absolute atomic E-state index is 0.147. The van der Waals surface area contributed by atoms with E-state index in [0.717, 1.165) is 0 Å². The number of methoxy groups -OCH3 is 1. The third-order valence-electron chi connectivity index (χ3n) is 3.27. The highest BCUT2D eigenvalue weighted by Crippen LogP contribution is 2.19. The first-order valence-corrected chi connectivity index (χ1v) is 9.35. The molecule has 0 aliphatic heterocycles. The van der Waals surface area contributed by atoms with Gasteiger partial charge in [0, 0.05) is 25.9 Å². The second-order valence-electron chi connectivity index (χ2n) is 5.14. The van der Waals surface area contributed by atoms with Crippen LogP contribution in [0.25, 0.3) is 0 Å². The maximum absolute atomic E-state index is 12.1. The molecule has 9 nitrogen and oxygen atoms in total. The molecule has 0 saturated heterocycles. The summed E-state index contributed by atoms with van der Waals surface area (Å²) in [4.78, 5) is 8.48. The van der Waals surface area contributed by atoms with E-state index < -0.39 is 10.0 Å². The lowest BCUT2D eigenvalue weighted by atomic mass is 10.3. The van der Waals surface area contributed by atoms with E-state index >= 15 is 0 Å². The summed E-state index contributed by atoms with van der Waals surface area (Å²) in [6, 6.07) is 8.20. The van der Waals surface area contributed by atoms with Gasteiger partial charge in [0.15, 0.2) is 0 Å². The van der Waals surface area contributed by atoms with Crippen molar-refractivity contribution in [3.05, 3.63) is 36.0 Å². The SMILES string of the molecule is CCNc1nc(Nc2ccc(S(=O)(=O)NCCOC)cc2)ncc1C#N. The molecule has 0 saturated carbocycles. The number of ether oxygens (including phenoxy) is 1. The predicted molar refractivity (Wildman–Crippen MR) is 97.7 cm³/mol. The zero-order chi connectivity index (χ0) is 19.0. The second-order valence-corrected chi connectivity index (χ2v) is 6.90. The van der Waals surface area contributed by atoms with Crippen molar-refractivity contribution in [3.8, 4) is 6.07 Å². The van der Waals surface area contributed by atoms with Gasteiger partial charge in [-0.2, -0.15) is 10.2 Å². The number of rotatable bonds is 9. The van der Waals surface area contributed by atoms with Crippen molar-refractivity contribution in [3.63, 3.8) is 0 Å². The lowest BCUT2D eigenvalue weighted by Crippen LogP contribution is -2.27. The first kappa shape index (κ1) is 19.6. The Labute approximate surface area is 152 Å². The Morgan fingerprint density at radius 2 is 2.00 bits per heavy atom. The van der Waals surface area contributed by atoms with Crippen LogP contribution in [0, 0.1) is 11.3 Å². The molecule has 0 amide bonds. The molecule has 0 fully saturated rings. The van der Waals surface area contributed by atoms with Crippen LogP contribution in [0.3, 0.4) is 0 Å². The molecule has 0 aliphatic rings. The Morgan fingerprint density at radius 1 is 1.27 bits per heavy atom. The van der Waals surface area contributed by atoms with Crippen LogP contribution >= 0.6 is 0 Å². The molecular weight excluding hydrogens is 356 g/mol. The summed E-state index contributed by atoms with van der Waals surface area (Å²) in [6.45, 7) is 3.01. The van der Waals surface area contributed by atoms with Gasteiger partial charge in [-0.05, 0) is 31.2 Å². The van der Waals surface area contributed by atoms with Crippen LogP contribution in [0.1, 0.15) is 12.5 Å². The summed E-state index contributed by atoms with van der Waals surface area (Å²) >= 11 is 0. The van der Waals surface area contributed by atoms with Crippen molar-refractivity contribution < 1.29 is 13.2 Å². The van der Waals surface area contributed by atoms with Gasteiger partial charge in [-0.1, -0.05) is 0 Å². The van der Waals surface area contributed by atoms with Gasteiger partial charge in [0.1, 0.15) is 17.5 Å². The minimum atomic E-state index is -3.58. The number of nitriles is 1. The van der Waals surface area contributed by atoms with Crippen LogP contribution in [0.2, 0.25) is 0 Å². The third-order valence-corrected chi connectivity index (χ3v) is 4.75. The standard InChI is InChI=1S/C16H20N6O3S/c1-3-18-15-12(10-17)11-19-16(22-15)21-13-4-6-14(7-5-13)26(23,24)20-8-9-25-2/h4-7,11,20H,3,8-9H2,1-2H3,(H2,18,19,21,22). The van der Waals surface area contributed by atoms with Gasteiger partial charge in [-0.15, -0.1) is 0 Å². The Kier molecular flexibility index (Phi) is 6.85. The van der Waals surface area contributed by atoms with Crippen LogP contribution in [-0.4, -0.2) is 45.2 Å². The van der Waals surface area contributed by atoms with Crippen molar-refractivity contribution in [2.75, 3.05) is 37.4 Å². The second kappa shape index (κ2) is 9.10. The molecule has 26 heavy (non-hydrogen) atoms. The number of nitrogens with one attached hydrogen (secondary N) is 3. The highest BCUT2D eigenvalue weighted by molar-refractivity contribution is 7.89. The normalized spacial score (nSPS) is 11.0. The Balaban J connectivity index is 2.12. The number of benzene rings is 1. The van der Waals surface area contributed by atoms with Gasteiger partial charge in [0.05, 0.1) is 17.7 Å². The van der Waals surface area contributed by atoms with E-state index in [2.05, 4.69) is 25.3 Å². The van der Waals surface area contributed by atoms with Gasteiger partial charge >= 0.3 is 0 Å². The molecule has 0 unspecified atom stereocenters. The number of hydrogen-bond donors (Lipinski definition) is 3. The van der Waals surface area contributed by atoms with E-state index in [1.54, 1.807) is 12.1 Å². The topological polar surface area (TPSA) is 129 Å². The molecule has 1 aromatic carbocycles. The maximum Gasteiger partial charge on any atom is 0.240 e. The summed E-state index contributed by atoms with van der Waals surface area (Å²) in [5.41, 5.74) is 0.967. The average molecular weight is 376 g/mol. The van der Waals surface area contributed by atoms with Gasteiger partial charge in [-0.25, -0.2) is 18.1 Å². The molecule has 3 N–H and O–H groups in total. The van der Waals surface area contributed by atoms with Gasteiger partial charge < -0.3 is 15.4 Å². The maximum atomic E-state index is 12.1. The number of hydrogen-bond acceptors (Lipinski definition) is 8. The van der Waals surface area contributed by atoms with Gasteiger partial charge in [0.25, 0.3) is 0 Å². The molecule has 0 atom stereocenters. The number of anilines is 3. The number of aromatic nitrogens is 2. The molecule has 2 rings (SSSR count). The summed E-state index contributed by atoms with van der Waals surface area (Å²) in [7, 11) is -2.08. The van der Waals surface area contributed by atoms with Crippen LogP contribution in [0.5, 0.6) is 0 Å². The third kappa shape index (κ3) is 5.13. The lowest BCUT2D eigenvalue weighted by Gasteiger charge is -2.10. The van der Waals surface area contributed by atoms with Crippen LogP contribution in [-0.2, 0) is 14.8 Å². The fourth-order valence-corrected chi connectivity index (χ4v) is 3.05. The molecule has 1 heterocycles. The molecule has 10 heteroatoms. The predicted octanol–water partition coefficient (Wildman–Crippen LogP) is 1.45. The lowest BCUT2D eigenvalue weighted by molar-refractivity contribution is 0.204. The zero-order valence-corrected chi connectivity index (χ0v) is 15.3. The fourth-order valence-electron chi connectivity index (χ4n) is 2.03. The minimum Gasteiger partial charge on any atom is -0.383 e. The van der Waals surface area contributed by atoms with Crippen LogP contribution in [0.15, 0.2) is 35.4 Å². The van der Waals surface area contributed by atoms with E-state index in [-0.39, 0.29) is 11.4 Å². The zero-order valence-electron chi connectivity index (χ0n) is 14.5. The highest BCUT2D eigenvalue weighted by Gasteiger charge is 2.13. The Bertz CT molecular complexity index is 878. The largest absolute Gasteiger partial charge is 0.383 e. The summed E-state index contributed by atoms with van der Waals surface area (Å²) in [5.74, 6) is 0.739. The van der Waals surface area contributed by atoms with Crippen LogP contribution in [0.4, 0.5) is 17.5 Å². The summed E-state index contributed by atoms with van der Waals surface area (Å²) in [6.07, 6.45) is 1.42. The highest BCUT2D eigenvalue weighted by atomic mass is 32.2. The molecule has 0 bridgehead atoms. The quantitative estimate of drug-likeness (QED) is 0.561. The van der Waals surface area contributed by atoms with E-state index in [1.807, 2.05) is 13.0 Å². The Hall–Kier alpha value is -2.74. The van der Waals surface area contributed by atoms with Crippen molar-refractivity contribution in [1.82, 2.24) is 14.7 Å². The Morgan fingerprint density at radius 3 is 2.62 bits per heavy atom. The van der Waals surface area contributed by atoms with Gasteiger partial charge in [0.2, 0.25) is 16.0 Å². The van der Waals surface area contributed by atoms with Crippen LogP contribution < -0.4 is 15.4 Å². The molecule has 0 radical (unpaired) electrons. The first-order valence-electron chi connectivity index (χ1n) is 7.87. The number of sulfonamides is 1. The van der Waals surface area contributed by atoms with E-state index in [0.29, 0.717) is 36.2 Å². The fraction of sp³-hybridized carbons (Fsp3) is 0.312. The average Bonchev–Trinajstić information content (AvgIpc) is 2.63.